The van der Waals surface area contributed by atoms with Gasteiger partial charge in [0.25, 0.3) is 0 Å². The van der Waals surface area contributed by atoms with Crippen LogP contribution in [0.2, 0.25) is 0 Å². The largest absolute Gasteiger partial charge is 0.505 e. The Morgan fingerprint density at radius 3 is 2.40 bits per heavy atom. The number of nitrogens with zero attached hydrogens (tertiary/aromatic N) is 2. The molecule has 0 unspecified atom stereocenters. The first-order chi connectivity index (χ1) is 4.70. The topological polar surface area (TPSA) is 94.1 Å². The van der Waals surface area contributed by atoms with Crippen LogP contribution in [0.4, 0.5) is 4.79 Å². The minimum atomic E-state index is -1.48. The lowest BCUT2D eigenvalue weighted by atomic mass is 10.2. The van der Waals surface area contributed by atoms with Crippen LogP contribution < -0.4 is 0 Å². The van der Waals surface area contributed by atoms with Gasteiger partial charge in [-0.05, 0) is 0 Å². The molecule has 0 atom stereocenters. The summed E-state index contributed by atoms with van der Waals surface area (Å²) in [4.78, 5) is 9.69. The van der Waals surface area contributed by atoms with E-state index in [-0.39, 0.29) is 6.61 Å². The van der Waals surface area contributed by atoms with E-state index in [9.17, 15) is 4.79 Å². The summed E-state index contributed by atoms with van der Waals surface area (Å²) in [7, 11) is 0. The fourth-order valence-electron chi connectivity index (χ4n) is 0.258. The number of hydrogen-bond acceptors (Lipinski definition) is 4. The summed E-state index contributed by atoms with van der Waals surface area (Å²) in [6.07, 6.45) is -1.48. The summed E-state index contributed by atoms with van der Waals surface area (Å²) >= 11 is 0. The van der Waals surface area contributed by atoms with Crippen LogP contribution in [0.25, 0.3) is 0 Å². The molecule has 0 aromatic heterocycles. The maximum Gasteiger partial charge on any atom is 0.505 e. The summed E-state index contributed by atoms with van der Waals surface area (Å²) in [5.74, 6) is -1.00. The van der Waals surface area contributed by atoms with Crippen molar-refractivity contribution < 1.29 is 14.6 Å². The van der Waals surface area contributed by atoms with Gasteiger partial charge in [0.15, 0.2) is 5.92 Å². The number of ether oxygens (including phenoxy) is 1. The Morgan fingerprint density at radius 1 is 1.60 bits per heavy atom. The zero-order valence-electron chi connectivity index (χ0n) is 4.94. The molecule has 0 bridgehead atoms. The smallest absolute Gasteiger partial charge is 0.450 e. The third-order valence-electron chi connectivity index (χ3n) is 0.685. The van der Waals surface area contributed by atoms with Gasteiger partial charge in [0.1, 0.15) is 6.61 Å². The third-order valence-corrected chi connectivity index (χ3v) is 0.685. The molecule has 0 aliphatic rings. The van der Waals surface area contributed by atoms with Gasteiger partial charge >= 0.3 is 6.16 Å². The first-order valence-corrected chi connectivity index (χ1v) is 2.35. The lowest BCUT2D eigenvalue weighted by molar-refractivity contribution is 0.0882. The Hall–Kier alpha value is -1.75. The van der Waals surface area contributed by atoms with Gasteiger partial charge in [-0.2, -0.15) is 10.5 Å². The number of nitriles is 2. The lowest BCUT2D eigenvalue weighted by Crippen LogP contribution is -2.09. The second-order valence-electron chi connectivity index (χ2n) is 1.39. The SMILES string of the molecule is N#CC(C#N)COC(=O)O. The van der Waals surface area contributed by atoms with Crippen molar-refractivity contribution in [3.8, 4) is 12.1 Å². The number of hydrogen-bond donors (Lipinski definition) is 1. The van der Waals surface area contributed by atoms with Gasteiger partial charge in [-0.15, -0.1) is 0 Å². The van der Waals surface area contributed by atoms with Crippen LogP contribution in [0.1, 0.15) is 0 Å². The van der Waals surface area contributed by atoms with Crippen molar-refractivity contribution >= 4 is 6.16 Å². The molecule has 0 aliphatic heterocycles. The summed E-state index contributed by atoms with van der Waals surface area (Å²) in [6.45, 7) is -0.387. The molecule has 0 aromatic carbocycles. The Morgan fingerprint density at radius 2 is 2.10 bits per heavy atom. The first-order valence-electron chi connectivity index (χ1n) is 2.35. The zero-order chi connectivity index (χ0) is 7.98. The van der Waals surface area contributed by atoms with Crippen LogP contribution in [0.15, 0.2) is 0 Å². The Labute approximate surface area is 57.1 Å². The predicted octanol–water partition coefficient (Wildman–Crippen LogP) is 0.344. The van der Waals surface area contributed by atoms with E-state index < -0.39 is 12.1 Å². The van der Waals surface area contributed by atoms with Gasteiger partial charge in [-0.25, -0.2) is 4.79 Å². The van der Waals surface area contributed by atoms with Crippen molar-refractivity contribution in [1.82, 2.24) is 0 Å². The van der Waals surface area contributed by atoms with Crippen LogP contribution in [-0.2, 0) is 4.74 Å². The van der Waals surface area contributed by atoms with E-state index in [1.807, 2.05) is 0 Å². The molecule has 0 aliphatic carbocycles. The second-order valence-corrected chi connectivity index (χ2v) is 1.39. The van der Waals surface area contributed by atoms with Gasteiger partial charge in [0, 0.05) is 0 Å². The van der Waals surface area contributed by atoms with Crippen LogP contribution >= 0.6 is 0 Å². The molecule has 0 rings (SSSR count). The molecule has 0 amide bonds. The van der Waals surface area contributed by atoms with E-state index in [4.69, 9.17) is 15.6 Å². The van der Waals surface area contributed by atoms with E-state index in [1.54, 1.807) is 12.1 Å². The molecular formula is C5H4N2O3. The van der Waals surface area contributed by atoms with Crippen molar-refractivity contribution in [3.05, 3.63) is 0 Å². The Bertz CT molecular complexity index is 186. The molecule has 1 N–H and O–H groups in total. The molecule has 0 fully saturated rings. The summed E-state index contributed by atoms with van der Waals surface area (Å²) < 4.78 is 3.96. The number of carbonyl (C=O) groups is 1. The molecule has 0 radical (unpaired) electrons. The standard InChI is InChI=1S/C5H4N2O3/c6-1-4(2-7)3-10-5(8)9/h4H,3H2,(H,8,9). The molecule has 10 heavy (non-hydrogen) atoms. The van der Waals surface area contributed by atoms with Gasteiger partial charge in [-0.1, -0.05) is 0 Å². The first kappa shape index (κ1) is 8.25. The summed E-state index contributed by atoms with van der Waals surface area (Å²) in [5, 5.41) is 24.1. The van der Waals surface area contributed by atoms with Crippen molar-refractivity contribution in [2.45, 2.75) is 0 Å². The average Bonchev–Trinajstić information content (AvgIpc) is 1.90. The van der Waals surface area contributed by atoms with Crippen LogP contribution in [-0.4, -0.2) is 17.9 Å². The van der Waals surface area contributed by atoms with E-state index in [0.717, 1.165) is 0 Å². The molecule has 0 heterocycles. The van der Waals surface area contributed by atoms with E-state index in [0.29, 0.717) is 0 Å². The third kappa shape index (κ3) is 3.28. The van der Waals surface area contributed by atoms with Crippen LogP contribution in [0.3, 0.4) is 0 Å². The molecule has 0 aromatic rings. The summed E-state index contributed by atoms with van der Waals surface area (Å²) in [5.41, 5.74) is 0. The zero-order valence-corrected chi connectivity index (χ0v) is 4.94. The Balaban J connectivity index is 3.61. The molecule has 0 spiro atoms. The molecule has 0 saturated heterocycles. The van der Waals surface area contributed by atoms with E-state index in [1.165, 1.54) is 0 Å². The van der Waals surface area contributed by atoms with Crippen molar-refractivity contribution in [2.75, 3.05) is 6.61 Å². The number of rotatable bonds is 2. The van der Waals surface area contributed by atoms with Crippen LogP contribution in [0, 0.1) is 28.6 Å². The van der Waals surface area contributed by atoms with E-state index in [2.05, 4.69) is 4.74 Å². The summed E-state index contributed by atoms with van der Waals surface area (Å²) in [6, 6.07) is 3.12. The molecule has 5 nitrogen and oxygen atoms in total. The van der Waals surface area contributed by atoms with Crippen molar-refractivity contribution in [2.24, 2.45) is 5.92 Å². The second kappa shape index (κ2) is 4.16. The quantitative estimate of drug-likeness (QED) is 0.558. The highest BCUT2D eigenvalue weighted by molar-refractivity contribution is 5.56. The highest BCUT2D eigenvalue weighted by Crippen LogP contribution is 1.92. The van der Waals surface area contributed by atoms with Gasteiger partial charge < -0.3 is 9.84 Å². The molecule has 0 saturated carbocycles. The molecule has 5 heteroatoms. The predicted molar refractivity (Wildman–Crippen MR) is 28.7 cm³/mol. The van der Waals surface area contributed by atoms with Crippen LogP contribution in [0.5, 0.6) is 0 Å². The number of carboxylic acid groups (broad SMARTS) is 1. The molecular weight excluding hydrogens is 136 g/mol. The fraction of sp³-hybridized carbons (Fsp3) is 0.400. The normalized spacial score (nSPS) is 7.90. The minimum Gasteiger partial charge on any atom is -0.450 e. The van der Waals surface area contributed by atoms with Gasteiger partial charge in [0.2, 0.25) is 0 Å². The fourth-order valence-corrected chi connectivity index (χ4v) is 0.258. The van der Waals surface area contributed by atoms with Crippen molar-refractivity contribution in [3.63, 3.8) is 0 Å². The lowest BCUT2D eigenvalue weighted by Gasteiger charge is -1.96. The maximum absolute atomic E-state index is 9.69. The monoisotopic (exact) mass is 140 g/mol. The van der Waals surface area contributed by atoms with E-state index >= 15 is 0 Å². The van der Waals surface area contributed by atoms with Gasteiger partial charge in [0.05, 0.1) is 12.1 Å². The highest BCUT2D eigenvalue weighted by atomic mass is 16.7. The van der Waals surface area contributed by atoms with Gasteiger partial charge in [-0.3, -0.25) is 0 Å². The maximum atomic E-state index is 9.69. The highest BCUT2D eigenvalue weighted by Gasteiger charge is 2.07. The average molecular weight is 140 g/mol. The minimum absolute atomic E-state index is 0.387. The Kier molecular flexibility index (Phi) is 3.43. The molecule has 52 valence electrons. The van der Waals surface area contributed by atoms with Crippen molar-refractivity contribution in [1.29, 1.82) is 10.5 Å².